The summed E-state index contributed by atoms with van der Waals surface area (Å²) in [5.74, 6) is 0.916. The summed E-state index contributed by atoms with van der Waals surface area (Å²) in [5.41, 5.74) is 2.79. The van der Waals surface area contributed by atoms with Crippen LogP contribution in [0.4, 0.5) is 0 Å². The molecule has 0 aliphatic heterocycles. The Labute approximate surface area is 239 Å². The van der Waals surface area contributed by atoms with Gasteiger partial charge in [0.15, 0.2) is 0 Å². The van der Waals surface area contributed by atoms with Crippen LogP contribution in [-0.4, -0.2) is 66.1 Å². The third-order valence-electron chi connectivity index (χ3n) is 6.85. The zero-order chi connectivity index (χ0) is 28.7. The SMILES string of the molecule is CCCCOc1ccc(C(=O)N(CCC(C)C)CC(=O)N(CCOC)Cc2cccn2Cc2ccccc2)cc1. The molecule has 216 valence electrons. The van der Waals surface area contributed by atoms with Crippen molar-refractivity contribution in [2.24, 2.45) is 5.92 Å². The second kappa shape index (κ2) is 16.5. The van der Waals surface area contributed by atoms with Crippen molar-refractivity contribution in [3.63, 3.8) is 0 Å². The van der Waals surface area contributed by atoms with Crippen LogP contribution in [0.25, 0.3) is 0 Å². The van der Waals surface area contributed by atoms with Crippen LogP contribution in [0.15, 0.2) is 72.9 Å². The Morgan fingerprint density at radius 2 is 1.65 bits per heavy atom. The lowest BCUT2D eigenvalue weighted by atomic mass is 10.1. The molecule has 0 saturated carbocycles. The third-order valence-corrected chi connectivity index (χ3v) is 6.85. The van der Waals surface area contributed by atoms with Crippen molar-refractivity contribution in [2.75, 3.05) is 40.0 Å². The van der Waals surface area contributed by atoms with Crippen molar-refractivity contribution < 1.29 is 19.1 Å². The molecular weight excluding hydrogens is 502 g/mol. The highest BCUT2D eigenvalue weighted by Gasteiger charge is 2.23. The van der Waals surface area contributed by atoms with Crippen molar-refractivity contribution in [2.45, 2.75) is 53.1 Å². The molecule has 0 aliphatic rings. The van der Waals surface area contributed by atoms with Gasteiger partial charge in [0, 0.05) is 44.2 Å². The van der Waals surface area contributed by atoms with Crippen molar-refractivity contribution >= 4 is 11.8 Å². The zero-order valence-corrected chi connectivity index (χ0v) is 24.6. The number of carbonyl (C=O) groups is 2. The Morgan fingerprint density at radius 3 is 2.33 bits per heavy atom. The van der Waals surface area contributed by atoms with Gasteiger partial charge in [-0.3, -0.25) is 9.59 Å². The van der Waals surface area contributed by atoms with E-state index in [4.69, 9.17) is 9.47 Å². The predicted molar refractivity (Wildman–Crippen MR) is 159 cm³/mol. The van der Waals surface area contributed by atoms with Crippen LogP contribution in [0.1, 0.15) is 61.6 Å². The molecule has 40 heavy (non-hydrogen) atoms. The number of methoxy groups -OCH3 is 1. The molecule has 0 spiro atoms. The summed E-state index contributed by atoms with van der Waals surface area (Å²) in [5, 5.41) is 0. The fourth-order valence-electron chi connectivity index (χ4n) is 4.36. The van der Waals surface area contributed by atoms with Crippen LogP contribution in [0.5, 0.6) is 5.75 Å². The molecule has 3 aromatic rings. The average molecular weight is 548 g/mol. The first-order valence-corrected chi connectivity index (χ1v) is 14.4. The number of unbranched alkanes of at least 4 members (excludes halogenated alkanes) is 1. The highest BCUT2D eigenvalue weighted by atomic mass is 16.5. The van der Waals surface area contributed by atoms with Crippen molar-refractivity contribution in [3.8, 4) is 5.75 Å². The molecule has 0 bridgehead atoms. The summed E-state index contributed by atoms with van der Waals surface area (Å²) >= 11 is 0. The number of aromatic nitrogens is 1. The van der Waals surface area contributed by atoms with Crippen LogP contribution < -0.4 is 4.74 Å². The molecule has 0 radical (unpaired) electrons. The smallest absolute Gasteiger partial charge is 0.254 e. The Kier molecular flexibility index (Phi) is 12.8. The van der Waals surface area contributed by atoms with E-state index in [1.165, 1.54) is 5.56 Å². The summed E-state index contributed by atoms with van der Waals surface area (Å²) in [7, 11) is 1.63. The van der Waals surface area contributed by atoms with Crippen LogP contribution in [0, 0.1) is 5.92 Å². The van der Waals surface area contributed by atoms with E-state index in [1.54, 1.807) is 29.0 Å². The van der Waals surface area contributed by atoms with Crippen LogP contribution >= 0.6 is 0 Å². The highest BCUT2D eigenvalue weighted by molar-refractivity contribution is 5.96. The van der Waals surface area contributed by atoms with E-state index in [0.29, 0.717) is 44.3 Å². The number of ether oxygens (including phenoxy) is 2. The molecule has 1 aromatic heterocycles. The minimum absolute atomic E-state index is 0.0173. The predicted octanol–water partition coefficient (Wildman–Crippen LogP) is 5.88. The topological polar surface area (TPSA) is 64.0 Å². The first-order valence-electron chi connectivity index (χ1n) is 14.4. The fourth-order valence-corrected chi connectivity index (χ4v) is 4.36. The average Bonchev–Trinajstić information content (AvgIpc) is 3.39. The van der Waals surface area contributed by atoms with E-state index in [2.05, 4.69) is 37.5 Å². The first-order chi connectivity index (χ1) is 19.4. The maximum atomic E-state index is 13.7. The zero-order valence-electron chi connectivity index (χ0n) is 24.6. The standard InChI is InChI=1S/C33H45N3O4/c1-5-6-22-40-31-16-14-29(15-17-31)33(38)36(20-18-27(2)3)26-32(37)35(21-23-39-4)25-30-13-10-19-34(30)24-28-11-8-7-9-12-28/h7-17,19,27H,5-6,18,20-26H2,1-4H3. The van der Waals surface area contributed by atoms with E-state index in [0.717, 1.165) is 37.3 Å². The summed E-state index contributed by atoms with van der Waals surface area (Å²) in [6, 6.07) is 21.5. The number of hydrogen-bond donors (Lipinski definition) is 0. The van der Waals surface area contributed by atoms with E-state index < -0.39 is 0 Å². The largest absolute Gasteiger partial charge is 0.494 e. The lowest BCUT2D eigenvalue weighted by Gasteiger charge is -2.28. The number of amides is 2. The fraction of sp³-hybridized carbons (Fsp3) is 0.455. The van der Waals surface area contributed by atoms with Gasteiger partial charge >= 0.3 is 0 Å². The minimum atomic E-state index is -0.145. The summed E-state index contributed by atoms with van der Waals surface area (Å²) in [4.78, 5) is 30.7. The quantitative estimate of drug-likeness (QED) is 0.198. The highest BCUT2D eigenvalue weighted by Crippen LogP contribution is 2.17. The summed E-state index contributed by atoms with van der Waals surface area (Å²) in [6.07, 6.45) is 4.91. The van der Waals surface area contributed by atoms with Gasteiger partial charge in [0.25, 0.3) is 5.91 Å². The Hall–Kier alpha value is -3.58. The maximum absolute atomic E-state index is 13.7. The molecule has 2 aromatic carbocycles. The molecule has 7 nitrogen and oxygen atoms in total. The number of benzene rings is 2. The minimum Gasteiger partial charge on any atom is -0.494 e. The van der Waals surface area contributed by atoms with Crippen LogP contribution in [0.3, 0.4) is 0 Å². The second-order valence-corrected chi connectivity index (χ2v) is 10.6. The normalized spacial score (nSPS) is 11.0. The van der Waals surface area contributed by atoms with Gasteiger partial charge in [-0.1, -0.05) is 57.5 Å². The maximum Gasteiger partial charge on any atom is 0.254 e. The number of carbonyl (C=O) groups excluding carboxylic acids is 2. The van der Waals surface area contributed by atoms with Gasteiger partial charge < -0.3 is 23.8 Å². The van der Waals surface area contributed by atoms with Crippen LogP contribution in [0.2, 0.25) is 0 Å². The lowest BCUT2D eigenvalue weighted by molar-refractivity contribution is -0.133. The molecule has 0 unspecified atom stereocenters. The van der Waals surface area contributed by atoms with E-state index in [1.807, 2.05) is 48.7 Å². The van der Waals surface area contributed by atoms with Gasteiger partial charge in [-0.25, -0.2) is 0 Å². The van der Waals surface area contributed by atoms with Gasteiger partial charge in [0.1, 0.15) is 12.3 Å². The molecule has 0 aliphatic carbocycles. The first kappa shape index (κ1) is 31.0. The Bertz CT molecular complexity index is 1160. The van der Waals surface area contributed by atoms with E-state index in [-0.39, 0.29) is 18.4 Å². The molecule has 0 fully saturated rings. The lowest BCUT2D eigenvalue weighted by Crippen LogP contribution is -2.44. The molecule has 0 saturated heterocycles. The van der Waals surface area contributed by atoms with Gasteiger partial charge in [0.05, 0.1) is 19.8 Å². The molecule has 1 heterocycles. The third kappa shape index (κ3) is 9.87. The van der Waals surface area contributed by atoms with E-state index >= 15 is 0 Å². The molecule has 0 atom stereocenters. The van der Waals surface area contributed by atoms with Crippen molar-refractivity contribution in [1.82, 2.24) is 14.4 Å². The summed E-state index contributed by atoms with van der Waals surface area (Å²) < 4.78 is 13.2. The monoisotopic (exact) mass is 547 g/mol. The van der Waals surface area contributed by atoms with E-state index in [9.17, 15) is 9.59 Å². The van der Waals surface area contributed by atoms with Gasteiger partial charge in [0.2, 0.25) is 5.91 Å². The molecule has 3 rings (SSSR count). The van der Waals surface area contributed by atoms with Gasteiger partial charge in [-0.15, -0.1) is 0 Å². The second-order valence-electron chi connectivity index (χ2n) is 10.6. The molecule has 7 heteroatoms. The Morgan fingerprint density at radius 1 is 0.900 bits per heavy atom. The number of rotatable bonds is 17. The molecular formula is C33H45N3O4. The molecule has 2 amide bonds. The summed E-state index contributed by atoms with van der Waals surface area (Å²) in [6.45, 7) is 9.60. The van der Waals surface area contributed by atoms with Gasteiger partial charge in [-0.2, -0.15) is 0 Å². The number of hydrogen-bond acceptors (Lipinski definition) is 4. The Balaban J connectivity index is 1.73. The van der Waals surface area contributed by atoms with Gasteiger partial charge in [-0.05, 0) is 60.7 Å². The number of nitrogens with zero attached hydrogens (tertiary/aromatic N) is 3. The van der Waals surface area contributed by atoms with Crippen molar-refractivity contribution in [1.29, 1.82) is 0 Å². The molecule has 0 N–H and O–H groups in total. The van der Waals surface area contributed by atoms with Crippen LogP contribution in [-0.2, 0) is 22.6 Å². The van der Waals surface area contributed by atoms with Crippen molar-refractivity contribution in [3.05, 3.63) is 89.7 Å².